The highest BCUT2D eigenvalue weighted by Gasteiger charge is 2.05. The van der Waals surface area contributed by atoms with Crippen LogP contribution < -0.4 is 10.5 Å². The molecule has 6 heteroatoms. The van der Waals surface area contributed by atoms with Gasteiger partial charge in [0.25, 0.3) is 5.91 Å². The molecule has 0 saturated carbocycles. The lowest BCUT2D eigenvalue weighted by atomic mass is 10.2. The van der Waals surface area contributed by atoms with Gasteiger partial charge < -0.3 is 10.5 Å². The second kappa shape index (κ2) is 6.51. The molecule has 1 amide bonds. The van der Waals surface area contributed by atoms with E-state index in [0.717, 1.165) is 5.56 Å². The van der Waals surface area contributed by atoms with Gasteiger partial charge in [-0.2, -0.15) is 0 Å². The van der Waals surface area contributed by atoms with Crippen LogP contribution in [0.4, 0.5) is 0 Å². The summed E-state index contributed by atoms with van der Waals surface area (Å²) in [4.78, 5) is 21.3. The van der Waals surface area contributed by atoms with Crippen molar-refractivity contribution in [3.8, 4) is 5.75 Å². The molecule has 0 fully saturated rings. The predicted molar refractivity (Wildman–Crippen MR) is 68.1 cm³/mol. The van der Waals surface area contributed by atoms with E-state index >= 15 is 0 Å². The first-order valence-electron chi connectivity index (χ1n) is 4.82. The van der Waals surface area contributed by atoms with Gasteiger partial charge in [0.05, 0.1) is 5.02 Å². The third-order valence-electron chi connectivity index (χ3n) is 1.81. The topological polar surface area (TPSA) is 69.4 Å². The van der Waals surface area contributed by atoms with E-state index in [1.54, 1.807) is 18.2 Å². The number of hydrogen-bond acceptors (Lipinski definition) is 4. The Morgan fingerprint density at radius 2 is 2.18 bits per heavy atom. The number of carbonyl (C=O) groups excluding carboxylic acids is 2. The van der Waals surface area contributed by atoms with Gasteiger partial charge in [-0.3, -0.25) is 9.59 Å². The summed E-state index contributed by atoms with van der Waals surface area (Å²) in [5.41, 5.74) is 5.87. The molecule has 0 heterocycles. The first-order chi connectivity index (χ1) is 7.99. The van der Waals surface area contributed by atoms with Gasteiger partial charge >= 0.3 is 0 Å². The molecule has 0 unspecified atom stereocenters. The molecule has 0 atom stereocenters. The van der Waals surface area contributed by atoms with Crippen molar-refractivity contribution in [2.75, 3.05) is 6.61 Å². The maximum absolute atomic E-state index is 10.8. The van der Waals surface area contributed by atoms with Gasteiger partial charge in [0, 0.05) is 12.7 Å². The Morgan fingerprint density at radius 3 is 2.71 bits per heavy atom. The molecule has 4 nitrogen and oxygen atoms in total. The Hall–Kier alpha value is -1.20. The standard InChI is InChI=1S/C11H12ClNO3S/c1-7(14)17-6-8-2-3-10(9(12)4-8)16-5-11(13)15/h2-4H,5-6H2,1H3,(H2,13,15). The van der Waals surface area contributed by atoms with E-state index in [1.807, 2.05) is 0 Å². The fourth-order valence-electron chi connectivity index (χ4n) is 1.09. The molecule has 0 aromatic heterocycles. The van der Waals surface area contributed by atoms with E-state index in [-0.39, 0.29) is 11.7 Å². The maximum Gasteiger partial charge on any atom is 0.255 e. The number of halogens is 1. The fourth-order valence-corrected chi connectivity index (χ4v) is 1.89. The summed E-state index contributed by atoms with van der Waals surface area (Å²) in [5, 5.41) is 0.447. The molecule has 0 radical (unpaired) electrons. The zero-order valence-electron chi connectivity index (χ0n) is 9.23. The summed E-state index contributed by atoms with van der Waals surface area (Å²) in [5.74, 6) is 0.407. The molecular weight excluding hydrogens is 262 g/mol. The van der Waals surface area contributed by atoms with E-state index in [4.69, 9.17) is 22.1 Å². The monoisotopic (exact) mass is 273 g/mol. The van der Waals surface area contributed by atoms with Crippen LogP contribution in [0.2, 0.25) is 5.02 Å². The molecule has 0 aliphatic heterocycles. The van der Waals surface area contributed by atoms with Crippen LogP contribution in [0, 0.1) is 0 Å². The zero-order valence-corrected chi connectivity index (χ0v) is 10.8. The predicted octanol–water partition coefficient (Wildman–Crippen LogP) is 1.98. The van der Waals surface area contributed by atoms with Crippen molar-refractivity contribution in [1.29, 1.82) is 0 Å². The quantitative estimate of drug-likeness (QED) is 0.891. The van der Waals surface area contributed by atoms with Gasteiger partial charge in [0.15, 0.2) is 11.7 Å². The number of hydrogen-bond donors (Lipinski definition) is 1. The Morgan fingerprint density at radius 1 is 1.47 bits per heavy atom. The number of thioether (sulfide) groups is 1. The van der Waals surface area contributed by atoms with Crippen molar-refractivity contribution in [1.82, 2.24) is 0 Å². The summed E-state index contributed by atoms with van der Waals surface area (Å²) in [6, 6.07) is 5.15. The van der Waals surface area contributed by atoms with Gasteiger partial charge in [-0.25, -0.2) is 0 Å². The van der Waals surface area contributed by atoms with Crippen LogP contribution in [0.5, 0.6) is 5.75 Å². The number of nitrogens with two attached hydrogens (primary N) is 1. The fraction of sp³-hybridized carbons (Fsp3) is 0.273. The molecule has 1 rings (SSSR count). The summed E-state index contributed by atoms with van der Waals surface area (Å²) in [6.45, 7) is 1.30. The second-order valence-electron chi connectivity index (χ2n) is 3.30. The molecular formula is C11H12ClNO3S. The molecule has 2 N–H and O–H groups in total. The van der Waals surface area contributed by atoms with Crippen LogP contribution in [0.3, 0.4) is 0 Å². The van der Waals surface area contributed by atoms with E-state index in [1.165, 1.54) is 18.7 Å². The van der Waals surface area contributed by atoms with E-state index in [9.17, 15) is 9.59 Å². The number of ether oxygens (including phenoxy) is 1. The average Bonchev–Trinajstić information content (AvgIpc) is 2.24. The van der Waals surface area contributed by atoms with Gasteiger partial charge in [0.1, 0.15) is 5.75 Å². The average molecular weight is 274 g/mol. The lowest BCUT2D eigenvalue weighted by Crippen LogP contribution is -2.20. The largest absolute Gasteiger partial charge is 0.482 e. The van der Waals surface area contributed by atoms with Crippen LogP contribution in [0.25, 0.3) is 0 Å². The lowest BCUT2D eigenvalue weighted by Gasteiger charge is -2.07. The van der Waals surface area contributed by atoms with Crippen molar-refractivity contribution in [2.24, 2.45) is 5.73 Å². The molecule has 0 aliphatic carbocycles. The smallest absolute Gasteiger partial charge is 0.255 e. The van der Waals surface area contributed by atoms with Crippen LogP contribution in [-0.2, 0) is 15.3 Å². The van der Waals surface area contributed by atoms with Crippen molar-refractivity contribution < 1.29 is 14.3 Å². The normalized spacial score (nSPS) is 10.0. The number of carbonyl (C=O) groups is 2. The highest BCUT2D eigenvalue weighted by atomic mass is 35.5. The van der Waals surface area contributed by atoms with Gasteiger partial charge in [-0.15, -0.1) is 0 Å². The summed E-state index contributed by atoms with van der Waals surface area (Å²) < 4.78 is 5.10. The molecule has 0 spiro atoms. The van der Waals surface area contributed by atoms with Gasteiger partial charge in [-0.05, 0) is 17.7 Å². The lowest BCUT2D eigenvalue weighted by molar-refractivity contribution is -0.120. The van der Waals surface area contributed by atoms with Crippen LogP contribution in [-0.4, -0.2) is 17.6 Å². The summed E-state index contributed by atoms with van der Waals surface area (Å²) >= 11 is 7.16. The first-order valence-corrected chi connectivity index (χ1v) is 6.18. The van der Waals surface area contributed by atoms with E-state index < -0.39 is 5.91 Å². The maximum atomic E-state index is 10.8. The minimum atomic E-state index is -0.558. The molecule has 17 heavy (non-hydrogen) atoms. The second-order valence-corrected chi connectivity index (χ2v) is 4.86. The highest BCUT2D eigenvalue weighted by molar-refractivity contribution is 8.12. The molecule has 0 aliphatic rings. The van der Waals surface area contributed by atoms with Gasteiger partial charge in [-0.1, -0.05) is 29.4 Å². The number of amides is 1. The molecule has 0 saturated heterocycles. The summed E-state index contributed by atoms with van der Waals surface area (Å²) in [6.07, 6.45) is 0. The third-order valence-corrected chi connectivity index (χ3v) is 2.99. The third kappa shape index (κ3) is 5.10. The van der Waals surface area contributed by atoms with Crippen LogP contribution >= 0.6 is 23.4 Å². The Labute approximate surface area is 108 Å². The Balaban J connectivity index is 2.65. The van der Waals surface area contributed by atoms with Crippen molar-refractivity contribution in [2.45, 2.75) is 12.7 Å². The first kappa shape index (κ1) is 13.9. The van der Waals surface area contributed by atoms with Crippen molar-refractivity contribution in [3.05, 3.63) is 28.8 Å². The van der Waals surface area contributed by atoms with E-state index in [2.05, 4.69) is 0 Å². The number of primary amides is 1. The van der Waals surface area contributed by atoms with Crippen LogP contribution in [0.1, 0.15) is 12.5 Å². The number of rotatable bonds is 5. The van der Waals surface area contributed by atoms with Crippen LogP contribution in [0.15, 0.2) is 18.2 Å². The molecule has 1 aromatic carbocycles. The number of benzene rings is 1. The SMILES string of the molecule is CC(=O)SCc1ccc(OCC(N)=O)c(Cl)c1. The minimum absolute atomic E-state index is 0.0511. The summed E-state index contributed by atoms with van der Waals surface area (Å²) in [7, 11) is 0. The molecule has 0 bridgehead atoms. The zero-order chi connectivity index (χ0) is 12.8. The van der Waals surface area contributed by atoms with Crippen molar-refractivity contribution >= 4 is 34.4 Å². The molecule has 92 valence electrons. The highest BCUT2D eigenvalue weighted by Crippen LogP contribution is 2.27. The Bertz CT molecular complexity index is 437. The van der Waals surface area contributed by atoms with Gasteiger partial charge in [0.2, 0.25) is 0 Å². The Kier molecular flexibility index (Phi) is 5.31. The molecule has 1 aromatic rings. The minimum Gasteiger partial charge on any atom is -0.482 e. The van der Waals surface area contributed by atoms with E-state index in [0.29, 0.717) is 16.5 Å². The van der Waals surface area contributed by atoms with Crippen molar-refractivity contribution in [3.63, 3.8) is 0 Å².